The van der Waals surface area contributed by atoms with Crippen molar-refractivity contribution in [2.24, 2.45) is 0 Å². The van der Waals surface area contributed by atoms with E-state index in [2.05, 4.69) is 23.4 Å². The maximum absolute atomic E-state index is 12.7. The molecule has 0 aliphatic carbocycles. The third-order valence-corrected chi connectivity index (χ3v) is 4.91. The van der Waals surface area contributed by atoms with Gasteiger partial charge in [0, 0.05) is 25.4 Å². The highest BCUT2D eigenvalue weighted by Crippen LogP contribution is 2.33. The normalized spacial score (nSPS) is 19.7. The van der Waals surface area contributed by atoms with E-state index in [1.807, 2.05) is 11.8 Å². The summed E-state index contributed by atoms with van der Waals surface area (Å²) in [6.45, 7) is 5.92. The summed E-state index contributed by atoms with van der Waals surface area (Å²) in [7, 11) is 0. The lowest BCUT2D eigenvalue weighted by Crippen LogP contribution is -2.29. The number of likely N-dealkylation sites (tertiary alicyclic amines) is 1. The molecule has 0 spiro atoms. The molecule has 1 aromatic heterocycles. The first-order chi connectivity index (χ1) is 11.1. The summed E-state index contributed by atoms with van der Waals surface area (Å²) in [5, 5.41) is 3.89. The summed E-state index contributed by atoms with van der Waals surface area (Å²) in [6.07, 6.45) is 1.98. The smallest absolute Gasteiger partial charge is 0.259 e. The monoisotopic (exact) mass is 312 g/mol. The number of rotatable bonds is 2. The van der Waals surface area contributed by atoms with Gasteiger partial charge in [0.25, 0.3) is 5.91 Å². The fourth-order valence-electron chi connectivity index (χ4n) is 3.62. The topological polar surface area (TPSA) is 55.6 Å². The fraction of sp³-hybridized carbons (Fsp3) is 0.444. The first-order valence-corrected chi connectivity index (χ1v) is 8.11. The zero-order valence-corrected chi connectivity index (χ0v) is 13.5. The third-order valence-electron chi connectivity index (χ3n) is 4.91. The molecule has 0 bridgehead atoms. The average molecular weight is 312 g/mol. The molecular formula is C18H20N2O3. The van der Waals surface area contributed by atoms with Crippen molar-refractivity contribution in [2.75, 3.05) is 19.7 Å². The Morgan fingerprint density at radius 2 is 2.22 bits per heavy atom. The molecule has 1 atom stereocenters. The number of hydrogen-bond acceptors (Lipinski definition) is 4. The molecule has 5 nitrogen and oxygen atoms in total. The number of amides is 1. The van der Waals surface area contributed by atoms with Gasteiger partial charge in [0.05, 0.1) is 12.3 Å². The van der Waals surface area contributed by atoms with Gasteiger partial charge in [0.2, 0.25) is 0 Å². The lowest BCUT2D eigenvalue weighted by Gasteiger charge is -2.17. The van der Waals surface area contributed by atoms with Gasteiger partial charge in [-0.3, -0.25) is 4.79 Å². The van der Waals surface area contributed by atoms with Crippen molar-refractivity contribution < 1.29 is 14.1 Å². The SMILES string of the molecule is Cc1noc(C)c1C(=O)N1CC[C@@H](c2ccc3c(c2)CCO3)C1. The Kier molecular flexibility index (Phi) is 3.36. The predicted molar refractivity (Wildman–Crippen MR) is 84.9 cm³/mol. The number of fused-ring (bicyclic) bond motifs is 1. The first kappa shape index (κ1) is 14.3. The Morgan fingerprint density at radius 3 is 3.00 bits per heavy atom. The van der Waals surface area contributed by atoms with Gasteiger partial charge in [-0.05, 0) is 37.5 Å². The van der Waals surface area contributed by atoms with Gasteiger partial charge in [-0.25, -0.2) is 0 Å². The number of nitrogens with zero attached hydrogens (tertiary/aromatic N) is 2. The molecule has 0 radical (unpaired) electrons. The summed E-state index contributed by atoms with van der Waals surface area (Å²) in [4.78, 5) is 14.6. The molecular weight excluding hydrogens is 292 g/mol. The molecule has 1 saturated heterocycles. The molecule has 1 amide bonds. The van der Waals surface area contributed by atoms with E-state index in [1.54, 1.807) is 6.92 Å². The number of aryl methyl sites for hydroxylation is 2. The summed E-state index contributed by atoms with van der Waals surface area (Å²) in [6, 6.07) is 6.45. The van der Waals surface area contributed by atoms with Crippen molar-refractivity contribution in [3.63, 3.8) is 0 Å². The largest absolute Gasteiger partial charge is 0.493 e. The van der Waals surface area contributed by atoms with Crippen LogP contribution in [0.1, 0.15) is 45.3 Å². The number of carbonyl (C=O) groups is 1. The summed E-state index contributed by atoms with van der Waals surface area (Å²) in [5.74, 6) is 2.04. The zero-order chi connectivity index (χ0) is 16.0. The zero-order valence-electron chi connectivity index (χ0n) is 13.5. The molecule has 23 heavy (non-hydrogen) atoms. The van der Waals surface area contributed by atoms with Gasteiger partial charge in [-0.1, -0.05) is 17.3 Å². The first-order valence-electron chi connectivity index (χ1n) is 8.11. The van der Waals surface area contributed by atoms with Crippen LogP contribution in [0, 0.1) is 13.8 Å². The van der Waals surface area contributed by atoms with E-state index in [-0.39, 0.29) is 5.91 Å². The Labute approximate surface area is 135 Å². The Morgan fingerprint density at radius 1 is 1.35 bits per heavy atom. The van der Waals surface area contributed by atoms with Gasteiger partial charge < -0.3 is 14.2 Å². The Balaban J connectivity index is 1.52. The van der Waals surface area contributed by atoms with Crippen molar-refractivity contribution in [1.29, 1.82) is 0 Å². The molecule has 1 fully saturated rings. The highest BCUT2D eigenvalue weighted by Gasteiger charge is 2.31. The molecule has 5 heteroatoms. The Hall–Kier alpha value is -2.30. The van der Waals surface area contributed by atoms with Gasteiger partial charge in [-0.2, -0.15) is 0 Å². The summed E-state index contributed by atoms with van der Waals surface area (Å²) >= 11 is 0. The van der Waals surface area contributed by atoms with Gasteiger partial charge in [-0.15, -0.1) is 0 Å². The van der Waals surface area contributed by atoms with Crippen molar-refractivity contribution in [1.82, 2.24) is 10.1 Å². The van der Waals surface area contributed by atoms with Gasteiger partial charge >= 0.3 is 0 Å². The minimum absolute atomic E-state index is 0.0354. The van der Waals surface area contributed by atoms with Crippen LogP contribution < -0.4 is 4.74 Å². The molecule has 0 unspecified atom stereocenters. The maximum atomic E-state index is 12.7. The molecule has 0 N–H and O–H groups in total. The second-order valence-electron chi connectivity index (χ2n) is 6.40. The lowest BCUT2D eigenvalue weighted by molar-refractivity contribution is 0.0788. The quantitative estimate of drug-likeness (QED) is 0.855. The van der Waals surface area contributed by atoms with E-state index in [9.17, 15) is 4.79 Å². The van der Waals surface area contributed by atoms with Gasteiger partial charge in [0.1, 0.15) is 17.1 Å². The van der Waals surface area contributed by atoms with Crippen LogP contribution >= 0.6 is 0 Å². The highest BCUT2D eigenvalue weighted by atomic mass is 16.5. The fourth-order valence-corrected chi connectivity index (χ4v) is 3.62. The number of carbonyl (C=O) groups excluding carboxylic acids is 1. The van der Waals surface area contributed by atoms with Crippen molar-refractivity contribution in [3.8, 4) is 5.75 Å². The number of aromatic nitrogens is 1. The lowest BCUT2D eigenvalue weighted by atomic mass is 9.96. The minimum atomic E-state index is 0.0354. The van der Waals surface area contributed by atoms with Crippen molar-refractivity contribution in [2.45, 2.75) is 32.6 Å². The van der Waals surface area contributed by atoms with Crippen LogP contribution in [0.2, 0.25) is 0 Å². The summed E-state index contributed by atoms with van der Waals surface area (Å²) < 4.78 is 10.7. The molecule has 2 aromatic rings. The van der Waals surface area contributed by atoms with Crippen LogP contribution in [-0.2, 0) is 6.42 Å². The molecule has 2 aliphatic rings. The van der Waals surface area contributed by atoms with Crippen LogP contribution in [0.4, 0.5) is 0 Å². The molecule has 1 aromatic carbocycles. The van der Waals surface area contributed by atoms with Crippen LogP contribution in [-0.4, -0.2) is 35.7 Å². The summed E-state index contributed by atoms with van der Waals surface area (Å²) in [5.41, 5.74) is 3.89. The van der Waals surface area contributed by atoms with Crippen LogP contribution in [0.3, 0.4) is 0 Å². The second kappa shape index (κ2) is 5.41. The average Bonchev–Trinajstić information content (AvgIpc) is 3.26. The van der Waals surface area contributed by atoms with E-state index in [4.69, 9.17) is 9.26 Å². The standard InChI is InChI=1S/C18H20N2O3/c1-11-17(12(2)23-19-11)18(21)20-7-5-15(10-20)13-3-4-16-14(9-13)6-8-22-16/h3-4,9,15H,5-8,10H2,1-2H3/t15-/m1/s1. The molecule has 2 aliphatic heterocycles. The van der Waals surface area contributed by atoms with Crippen molar-refractivity contribution >= 4 is 5.91 Å². The van der Waals surface area contributed by atoms with Crippen LogP contribution in [0.15, 0.2) is 22.7 Å². The van der Waals surface area contributed by atoms with E-state index in [1.165, 1.54) is 11.1 Å². The van der Waals surface area contributed by atoms with E-state index < -0.39 is 0 Å². The molecule has 120 valence electrons. The molecule has 4 rings (SSSR count). The number of ether oxygens (including phenoxy) is 1. The van der Waals surface area contributed by atoms with E-state index >= 15 is 0 Å². The van der Waals surface area contributed by atoms with E-state index in [0.717, 1.165) is 38.3 Å². The highest BCUT2D eigenvalue weighted by molar-refractivity contribution is 5.96. The third kappa shape index (κ3) is 2.40. The molecule has 3 heterocycles. The predicted octanol–water partition coefficient (Wildman–Crippen LogP) is 2.86. The second-order valence-corrected chi connectivity index (χ2v) is 6.40. The van der Waals surface area contributed by atoms with Crippen LogP contribution in [0.25, 0.3) is 0 Å². The maximum Gasteiger partial charge on any atom is 0.259 e. The van der Waals surface area contributed by atoms with E-state index in [0.29, 0.717) is 22.9 Å². The van der Waals surface area contributed by atoms with Crippen LogP contribution in [0.5, 0.6) is 5.75 Å². The Bertz CT molecular complexity index is 746. The minimum Gasteiger partial charge on any atom is -0.493 e. The van der Waals surface area contributed by atoms with Gasteiger partial charge in [0.15, 0.2) is 0 Å². The van der Waals surface area contributed by atoms with Crippen molar-refractivity contribution in [3.05, 3.63) is 46.3 Å². The molecule has 0 saturated carbocycles. The number of hydrogen-bond donors (Lipinski definition) is 0. The number of benzene rings is 1.